The summed E-state index contributed by atoms with van der Waals surface area (Å²) in [4.78, 5) is 17.2. The molecule has 2 unspecified atom stereocenters. The Kier molecular flexibility index (Phi) is 5.39. The molecule has 2 fully saturated rings. The van der Waals surface area contributed by atoms with Crippen molar-refractivity contribution >= 4 is 18.3 Å². The van der Waals surface area contributed by atoms with E-state index in [0.717, 1.165) is 31.2 Å². The Balaban J connectivity index is 0.00000196. The van der Waals surface area contributed by atoms with Crippen LogP contribution in [-0.4, -0.2) is 32.8 Å². The number of nitrogens with two attached hydrogens (primary N) is 1. The van der Waals surface area contributed by atoms with Crippen LogP contribution in [0.4, 0.5) is 0 Å². The fourth-order valence-electron chi connectivity index (χ4n) is 4.51. The van der Waals surface area contributed by atoms with Crippen molar-refractivity contribution < 1.29 is 9.21 Å². The average Bonchev–Trinajstić information content (AvgIpc) is 3.14. The van der Waals surface area contributed by atoms with Crippen LogP contribution in [0.1, 0.15) is 48.4 Å². The van der Waals surface area contributed by atoms with E-state index in [0.29, 0.717) is 29.2 Å². The van der Waals surface area contributed by atoms with Gasteiger partial charge in [0.2, 0.25) is 5.89 Å². The summed E-state index contributed by atoms with van der Waals surface area (Å²) in [5.74, 6) is 1.79. The van der Waals surface area contributed by atoms with Gasteiger partial charge in [0.1, 0.15) is 5.76 Å². The molecular weight excluding hydrogens is 354 g/mol. The topological polar surface area (TPSA) is 99.0 Å². The average molecular weight is 380 g/mol. The van der Waals surface area contributed by atoms with E-state index in [1.54, 1.807) is 17.8 Å². The Morgan fingerprint density at radius 1 is 1.35 bits per heavy atom. The minimum atomic E-state index is -0.145. The van der Waals surface area contributed by atoms with E-state index < -0.39 is 0 Å². The molecule has 0 radical (unpaired) electrons. The Bertz CT molecular complexity index is 772. The molecule has 2 aliphatic rings. The van der Waals surface area contributed by atoms with Gasteiger partial charge >= 0.3 is 0 Å². The maximum atomic E-state index is 12.8. The molecule has 2 aliphatic carbocycles. The first-order chi connectivity index (χ1) is 12.0. The van der Waals surface area contributed by atoms with Gasteiger partial charge in [0.05, 0.1) is 11.8 Å². The zero-order chi connectivity index (χ0) is 17.6. The number of amides is 1. The van der Waals surface area contributed by atoms with Crippen molar-refractivity contribution in [2.45, 2.75) is 51.1 Å². The molecule has 0 aromatic carbocycles. The molecule has 3 N–H and O–H groups in total. The fourth-order valence-corrected chi connectivity index (χ4v) is 4.51. The second kappa shape index (κ2) is 7.40. The SMILES string of the molecule is Cc1oc(-c2cnn(C)c2)nc1C(=O)NC1C2CCCC1CC(N)C2.Cl. The summed E-state index contributed by atoms with van der Waals surface area (Å²) in [5, 5.41) is 7.35. The minimum absolute atomic E-state index is 0. The monoisotopic (exact) mass is 379 g/mol. The minimum Gasteiger partial charge on any atom is -0.440 e. The molecular formula is C18H26ClN5O2. The molecule has 1 amide bonds. The van der Waals surface area contributed by atoms with Crippen LogP contribution in [0.3, 0.4) is 0 Å². The summed E-state index contributed by atoms with van der Waals surface area (Å²) in [6.07, 6.45) is 9.03. The summed E-state index contributed by atoms with van der Waals surface area (Å²) >= 11 is 0. The predicted octanol–water partition coefficient (Wildman–Crippen LogP) is 2.44. The highest BCUT2D eigenvalue weighted by Crippen LogP contribution is 2.39. The standard InChI is InChI=1S/C18H25N5O2.ClH/c1-10-15(22-18(25-10)13-8-20-23(2)9-13)17(24)21-16-11-4-3-5-12(16)7-14(19)6-11;/h8-9,11-12,14,16H,3-7,19H2,1-2H3,(H,21,24);1H. The van der Waals surface area contributed by atoms with Crippen molar-refractivity contribution in [3.63, 3.8) is 0 Å². The third-order valence-electron chi connectivity index (χ3n) is 5.64. The van der Waals surface area contributed by atoms with E-state index in [9.17, 15) is 4.79 Å². The number of hydrogen-bond acceptors (Lipinski definition) is 5. The summed E-state index contributed by atoms with van der Waals surface area (Å²) < 4.78 is 7.37. The van der Waals surface area contributed by atoms with E-state index in [4.69, 9.17) is 10.2 Å². The van der Waals surface area contributed by atoms with Gasteiger partial charge < -0.3 is 15.5 Å². The number of carbonyl (C=O) groups excluding carboxylic acids is 1. The Hall–Kier alpha value is -1.86. The number of hydrogen-bond donors (Lipinski definition) is 2. The van der Waals surface area contributed by atoms with Crippen molar-refractivity contribution in [2.75, 3.05) is 0 Å². The lowest BCUT2D eigenvalue weighted by Gasteiger charge is -2.45. The smallest absolute Gasteiger partial charge is 0.273 e. The Morgan fingerprint density at radius 2 is 2.04 bits per heavy atom. The lowest BCUT2D eigenvalue weighted by Crippen LogP contribution is -2.53. The van der Waals surface area contributed by atoms with Crippen molar-refractivity contribution in [3.8, 4) is 11.5 Å². The quantitative estimate of drug-likeness (QED) is 0.853. The van der Waals surface area contributed by atoms with Crippen LogP contribution in [0.15, 0.2) is 16.8 Å². The molecule has 2 aromatic heterocycles. The zero-order valence-electron chi connectivity index (χ0n) is 15.1. The molecule has 7 nitrogen and oxygen atoms in total. The van der Waals surface area contributed by atoms with Crippen LogP contribution in [0.2, 0.25) is 0 Å². The Morgan fingerprint density at radius 3 is 2.65 bits per heavy atom. The van der Waals surface area contributed by atoms with Crippen LogP contribution in [0.5, 0.6) is 0 Å². The van der Waals surface area contributed by atoms with Gasteiger partial charge in [-0.05, 0) is 44.4 Å². The molecule has 2 heterocycles. The number of oxazole rings is 1. The van der Waals surface area contributed by atoms with Gasteiger partial charge in [0, 0.05) is 25.3 Å². The van der Waals surface area contributed by atoms with Gasteiger partial charge in [-0.15, -0.1) is 12.4 Å². The van der Waals surface area contributed by atoms with E-state index in [1.807, 2.05) is 13.2 Å². The van der Waals surface area contributed by atoms with Crippen LogP contribution in [0.25, 0.3) is 11.5 Å². The van der Waals surface area contributed by atoms with Crippen LogP contribution in [0, 0.1) is 18.8 Å². The van der Waals surface area contributed by atoms with E-state index >= 15 is 0 Å². The summed E-state index contributed by atoms with van der Waals surface area (Å²) in [7, 11) is 1.83. The highest BCUT2D eigenvalue weighted by molar-refractivity contribution is 5.94. The number of rotatable bonds is 3. The van der Waals surface area contributed by atoms with Gasteiger partial charge in [0.25, 0.3) is 5.91 Å². The number of halogens is 1. The number of nitrogens with one attached hydrogen (secondary N) is 1. The Labute approximate surface area is 159 Å². The van der Waals surface area contributed by atoms with Crippen molar-refractivity contribution in [2.24, 2.45) is 24.6 Å². The first kappa shape index (κ1) is 18.9. The maximum absolute atomic E-state index is 12.8. The first-order valence-corrected chi connectivity index (χ1v) is 9.04. The van der Waals surface area contributed by atoms with Gasteiger partial charge in [-0.25, -0.2) is 4.98 Å². The molecule has 2 atom stereocenters. The van der Waals surface area contributed by atoms with Crippen LogP contribution >= 0.6 is 12.4 Å². The van der Waals surface area contributed by atoms with E-state index in [2.05, 4.69) is 15.4 Å². The van der Waals surface area contributed by atoms with Gasteiger partial charge in [-0.1, -0.05) is 6.42 Å². The molecule has 2 saturated carbocycles. The summed E-state index contributed by atoms with van der Waals surface area (Å²) in [5.41, 5.74) is 7.31. The lowest BCUT2D eigenvalue weighted by molar-refractivity contribution is 0.0751. The second-order valence-electron chi connectivity index (χ2n) is 7.51. The molecule has 8 heteroatoms. The van der Waals surface area contributed by atoms with E-state index in [1.165, 1.54) is 6.42 Å². The molecule has 4 rings (SSSR count). The zero-order valence-corrected chi connectivity index (χ0v) is 16.0. The number of aryl methyl sites for hydroxylation is 2. The van der Waals surface area contributed by atoms with Gasteiger partial charge in [-0.3, -0.25) is 9.48 Å². The van der Waals surface area contributed by atoms with Crippen molar-refractivity contribution in [1.82, 2.24) is 20.1 Å². The molecule has 26 heavy (non-hydrogen) atoms. The van der Waals surface area contributed by atoms with Gasteiger partial charge in [0.15, 0.2) is 5.69 Å². The molecule has 142 valence electrons. The van der Waals surface area contributed by atoms with Crippen LogP contribution in [-0.2, 0) is 7.05 Å². The van der Waals surface area contributed by atoms with Crippen molar-refractivity contribution in [3.05, 3.63) is 23.8 Å². The summed E-state index contributed by atoms with van der Waals surface area (Å²) in [6, 6.07) is 0.480. The van der Waals surface area contributed by atoms with E-state index in [-0.39, 0.29) is 30.4 Å². The number of aromatic nitrogens is 3. The lowest BCUT2D eigenvalue weighted by atomic mass is 9.67. The first-order valence-electron chi connectivity index (χ1n) is 9.04. The molecule has 2 bridgehead atoms. The molecule has 0 spiro atoms. The summed E-state index contributed by atoms with van der Waals surface area (Å²) in [6.45, 7) is 1.78. The largest absolute Gasteiger partial charge is 0.440 e. The molecule has 0 aliphatic heterocycles. The number of nitrogens with zero attached hydrogens (tertiary/aromatic N) is 3. The second-order valence-corrected chi connectivity index (χ2v) is 7.51. The third kappa shape index (κ3) is 3.50. The normalized spacial score (nSPS) is 27.7. The van der Waals surface area contributed by atoms with Crippen LogP contribution < -0.4 is 11.1 Å². The number of carbonyl (C=O) groups is 1. The maximum Gasteiger partial charge on any atom is 0.273 e. The number of fused-ring (bicyclic) bond motifs is 2. The van der Waals surface area contributed by atoms with Crippen molar-refractivity contribution in [1.29, 1.82) is 0 Å². The van der Waals surface area contributed by atoms with Gasteiger partial charge in [-0.2, -0.15) is 5.10 Å². The molecule has 0 saturated heterocycles. The highest BCUT2D eigenvalue weighted by Gasteiger charge is 2.40. The predicted molar refractivity (Wildman–Crippen MR) is 100.0 cm³/mol. The third-order valence-corrected chi connectivity index (χ3v) is 5.64. The highest BCUT2D eigenvalue weighted by atomic mass is 35.5. The fraction of sp³-hybridized carbons (Fsp3) is 0.611. The molecule has 2 aromatic rings.